The van der Waals surface area contributed by atoms with Crippen molar-refractivity contribution >= 4 is 11.6 Å². The number of likely N-dealkylation sites (tertiary alicyclic amines) is 1. The van der Waals surface area contributed by atoms with Crippen LogP contribution < -0.4 is 4.74 Å². The Morgan fingerprint density at radius 1 is 1.32 bits per heavy atom. The summed E-state index contributed by atoms with van der Waals surface area (Å²) in [6, 6.07) is 4.05. The summed E-state index contributed by atoms with van der Waals surface area (Å²) in [5, 5.41) is 9.98. The monoisotopic (exact) mass is 281 g/mol. The van der Waals surface area contributed by atoms with E-state index in [9.17, 15) is 5.11 Å². The summed E-state index contributed by atoms with van der Waals surface area (Å²) in [5.74, 6) is 1.53. The first kappa shape index (κ1) is 13.2. The van der Waals surface area contributed by atoms with E-state index in [-0.39, 0.29) is 0 Å². The maximum absolute atomic E-state index is 9.17. The van der Waals surface area contributed by atoms with Crippen molar-refractivity contribution in [2.75, 3.05) is 26.3 Å². The first-order valence-electron chi connectivity index (χ1n) is 7.03. The van der Waals surface area contributed by atoms with Gasteiger partial charge in [-0.1, -0.05) is 11.6 Å². The van der Waals surface area contributed by atoms with Gasteiger partial charge in [0.1, 0.15) is 5.75 Å². The van der Waals surface area contributed by atoms with Crippen LogP contribution in [0.25, 0.3) is 0 Å². The van der Waals surface area contributed by atoms with Gasteiger partial charge < -0.3 is 9.84 Å². The number of ether oxygens (including phenoxy) is 1. The van der Waals surface area contributed by atoms with E-state index in [0.717, 1.165) is 56.3 Å². The minimum absolute atomic E-state index is 0.323. The molecule has 0 unspecified atom stereocenters. The van der Waals surface area contributed by atoms with Crippen LogP contribution in [-0.4, -0.2) is 36.3 Å². The van der Waals surface area contributed by atoms with E-state index in [2.05, 4.69) is 4.90 Å². The molecular formula is C15H20ClNO2. The predicted molar refractivity (Wildman–Crippen MR) is 75.7 cm³/mol. The second kappa shape index (κ2) is 5.70. The smallest absolute Gasteiger partial charge is 0.127 e. The van der Waals surface area contributed by atoms with Gasteiger partial charge >= 0.3 is 0 Å². The Morgan fingerprint density at radius 2 is 2.11 bits per heavy atom. The SMILES string of the molecule is OCC1CCN(Cc2cc(Cl)cc3c2OCC3)CC1. The molecule has 0 aromatic heterocycles. The molecule has 0 amide bonds. The maximum atomic E-state index is 9.17. The van der Waals surface area contributed by atoms with Crippen LogP contribution in [0.4, 0.5) is 0 Å². The third-order valence-electron chi connectivity index (χ3n) is 4.18. The van der Waals surface area contributed by atoms with Gasteiger partial charge in [0, 0.05) is 30.2 Å². The van der Waals surface area contributed by atoms with E-state index in [0.29, 0.717) is 12.5 Å². The van der Waals surface area contributed by atoms with Crippen molar-refractivity contribution in [2.24, 2.45) is 5.92 Å². The molecule has 0 spiro atoms. The standard InChI is InChI=1S/C15H20ClNO2/c16-14-7-12-3-6-19-15(12)13(8-14)9-17-4-1-11(10-18)2-5-17/h7-8,11,18H,1-6,9-10H2. The molecule has 0 radical (unpaired) electrons. The second-order valence-electron chi connectivity index (χ2n) is 5.55. The van der Waals surface area contributed by atoms with Crippen LogP contribution >= 0.6 is 11.6 Å². The molecule has 1 N–H and O–H groups in total. The molecule has 2 aliphatic heterocycles. The molecule has 2 aliphatic rings. The lowest BCUT2D eigenvalue weighted by Crippen LogP contribution is -2.34. The fourth-order valence-corrected chi connectivity index (χ4v) is 3.29. The lowest BCUT2D eigenvalue weighted by Gasteiger charge is -2.31. The van der Waals surface area contributed by atoms with Gasteiger partial charge in [0.15, 0.2) is 0 Å². The van der Waals surface area contributed by atoms with Crippen molar-refractivity contribution in [3.63, 3.8) is 0 Å². The number of nitrogens with zero attached hydrogens (tertiary/aromatic N) is 1. The molecule has 0 bridgehead atoms. The first-order valence-corrected chi connectivity index (χ1v) is 7.41. The van der Waals surface area contributed by atoms with Gasteiger partial charge in [-0.3, -0.25) is 4.90 Å². The van der Waals surface area contributed by atoms with Crippen LogP contribution in [0.5, 0.6) is 5.75 Å². The van der Waals surface area contributed by atoms with Crippen molar-refractivity contribution in [1.29, 1.82) is 0 Å². The molecule has 2 heterocycles. The molecule has 0 atom stereocenters. The summed E-state index contributed by atoms with van der Waals surface area (Å²) in [6.07, 6.45) is 3.13. The van der Waals surface area contributed by atoms with Crippen LogP contribution in [0.15, 0.2) is 12.1 Å². The topological polar surface area (TPSA) is 32.7 Å². The van der Waals surface area contributed by atoms with Crippen molar-refractivity contribution in [1.82, 2.24) is 4.90 Å². The highest BCUT2D eigenvalue weighted by molar-refractivity contribution is 6.30. The summed E-state index contributed by atoms with van der Waals surface area (Å²) in [4.78, 5) is 2.43. The summed E-state index contributed by atoms with van der Waals surface area (Å²) in [5.41, 5.74) is 2.45. The number of aliphatic hydroxyl groups is 1. The Labute approximate surface area is 119 Å². The molecule has 1 aromatic rings. The zero-order valence-corrected chi connectivity index (χ0v) is 11.8. The third kappa shape index (κ3) is 2.88. The van der Waals surface area contributed by atoms with Gasteiger partial charge in [0.25, 0.3) is 0 Å². The Balaban J connectivity index is 1.70. The van der Waals surface area contributed by atoms with Gasteiger partial charge in [-0.15, -0.1) is 0 Å². The first-order chi connectivity index (χ1) is 9.26. The lowest BCUT2D eigenvalue weighted by atomic mass is 9.97. The number of hydrogen-bond acceptors (Lipinski definition) is 3. The highest BCUT2D eigenvalue weighted by atomic mass is 35.5. The largest absolute Gasteiger partial charge is 0.493 e. The van der Waals surface area contributed by atoms with E-state index in [1.165, 1.54) is 11.1 Å². The van der Waals surface area contributed by atoms with Crippen LogP contribution in [0, 0.1) is 5.92 Å². The number of fused-ring (bicyclic) bond motifs is 1. The Kier molecular flexibility index (Phi) is 3.96. The predicted octanol–water partition coefficient (Wildman–Crippen LogP) is 2.48. The Bertz CT molecular complexity index is 456. The molecule has 19 heavy (non-hydrogen) atoms. The number of halogens is 1. The van der Waals surface area contributed by atoms with Crippen LogP contribution in [-0.2, 0) is 13.0 Å². The van der Waals surface area contributed by atoms with Crippen LogP contribution in [0.2, 0.25) is 5.02 Å². The molecule has 1 aromatic carbocycles. The van der Waals surface area contributed by atoms with Crippen molar-refractivity contribution < 1.29 is 9.84 Å². The number of piperidine rings is 1. The van der Waals surface area contributed by atoms with Crippen LogP contribution in [0.3, 0.4) is 0 Å². The van der Waals surface area contributed by atoms with Crippen molar-refractivity contribution in [2.45, 2.75) is 25.8 Å². The summed E-state index contributed by atoms with van der Waals surface area (Å²) in [7, 11) is 0. The Morgan fingerprint density at radius 3 is 2.84 bits per heavy atom. The average Bonchev–Trinajstić information content (AvgIpc) is 2.88. The fraction of sp³-hybridized carbons (Fsp3) is 0.600. The van der Waals surface area contributed by atoms with Gasteiger partial charge in [-0.25, -0.2) is 0 Å². The molecule has 3 rings (SSSR count). The highest BCUT2D eigenvalue weighted by Gasteiger charge is 2.22. The molecule has 104 valence electrons. The molecule has 1 saturated heterocycles. The van der Waals surface area contributed by atoms with E-state index in [4.69, 9.17) is 16.3 Å². The Hall–Kier alpha value is -0.770. The quantitative estimate of drug-likeness (QED) is 0.924. The number of hydrogen-bond donors (Lipinski definition) is 1. The highest BCUT2D eigenvalue weighted by Crippen LogP contribution is 2.34. The number of rotatable bonds is 3. The minimum atomic E-state index is 0.323. The van der Waals surface area contributed by atoms with Gasteiger partial charge in [-0.05, 0) is 49.5 Å². The number of aliphatic hydroxyl groups excluding tert-OH is 1. The lowest BCUT2D eigenvalue weighted by molar-refractivity contribution is 0.126. The summed E-state index contributed by atoms with van der Waals surface area (Å²) >= 11 is 6.18. The number of benzene rings is 1. The average molecular weight is 282 g/mol. The van der Waals surface area contributed by atoms with E-state index >= 15 is 0 Å². The minimum Gasteiger partial charge on any atom is -0.493 e. The second-order valence-corrected chi connectivity index (χ2v) is 5.99. The van der Waals surface area contributed by atoms with Gasteiger partial charge in [0.05, 0.1) is 6.61 Å². The third-order valence-corrected chi connectivity index (χ3v) is 4.40. The van der Waals surface area contributed by atoms with Gasteiger partial charge in [-0.2, -0.15) is 0 Å². The zero-order chi connectivity index (χ0) is 13.2. The van der Waals surface area contributed by atoms with E-state index in [1.54, 1.807) is 0 Å². The van der Waals surface area contributed by atoms with Gasteiger partial charge in [0.2, 0.25) is 0 Å². The summed E-state index contributed by atoms with van der Waals surface area (Å²) in [6.45, 7) is 4.10. The molecular weight excluding hydrogens is 262 g/mol. The fourth-order valence-electron chi connectivity index (χ4n) is 3.03. The maximum Gasteiger partial charge on any atom is 0.127 e. The summed E-state index contributed by atoms with van der Waals surface area (Å²) < 4.78 is 5.74. The molecule has 0 saturated carbocycles. The van der Waals surface area contributed by atoms with Crippen molar-refractivity contribution in [3.8, 4) is 5.75 Å². The molecule has 1 fully saturated rings. The van der Waals surface area contributed by atoms with E-state index in [1.807, 2.05) is 12.1 Å². The molecule has 4 heteroatoms. The van der Waals surface area contributed by atoms with Crippen molar-refractivity contribution in [3.05, 3.63) is 28.3 Å². The van der Waals surface area contributed by atoms with Crippen LogP contribution in [0.1, 0.15) is 24.0 Å². The molecule has 3 nitrogen and oxygen atoms in total. The normalized spacial score (nSPS) is 20.3. The molecule has 0 aliphatic carbocycles. The zero-order valence-electron chi connectivity index (χ0n) is 11.1. The van der Waals surface area contributed by atoms with E-state index < -0.39 is 0 Å².